The lowest BCUT2D eigenvalue weighted by Gasteiger charge is -2.23. The Bertz CT molecular complexity index is 748. The summed E-state index contributed by atoms with van der Waals surface area (Å²) in [6.07, 6.45) is -0.543. The van der Waals surface area contributed by atoms with Gasteiger partial charge in [0.2, 0.25) is 0 Å². The van der Waals surface area contributed by atoms with Gasteiger partial charge in [0.05, 0.1) is 12.5 Å². The van der Waals surface area contributed by atoms with Crippen molar-refractivity contribution in [3.8, 4) is 0 Å². The smallest absolute Gasteiger partial charge is 0.408 e. The average molecular weight is 369 g/mol. The predicted molar refractivity (Wildman–Crippen MR) is 104 cm³/mol. The van der Waals surface area contributed by atoms with Gasteiger partial charge in [-0.05, 0) is 38.8 Å². The molecule has 144 valence electrons. The molecule has 0 aliphatic carbocycles. The van der Waals surface area contributed by atoms with E-state index in [0.29, 0.717) is 0 Å². The summed E-state index contributed by atoms with van der Waals surface area (Å²) in [5.41, 5.74) is 2.22. The maximum Gasteiger partial charge on any atom is 0.408 e. The van der Waals surface area contributed by atoms with E-state index in [0.717, 1.165) is 16.7 Å². The number of alkyl carbamates (subject to hydrolysis) is 1. The molecule has 0 heterocycles. The van der Waals surface area contributed by atoms with E-state index in [2.05, 4.69) is 5.32 Å². The van der Waals surface area contributed by atoms with E-state index in [1.54, 1.807) is 20.8 Å². The van der Waals surface area contributed by atoms with Crippen LogP contribution in [0.3, 0.4) is 0 Å². The Kier molecular flexibility index (Phi) is 6.99. The van der Waals surface area contributed by atoms with Crippen LogP contribution in [0, 0.1) is 6.92 Å². The van der Waals surface area contributed by atoms with Gasteiger partial charge in [-0.1, -0.05) is 60.2 Å². The minimum absolute atomic E-state index is 0.0230. The number of benzene rings is 2. The fourth-order valence-corrected chi connectivity index (χ4v) is 2.46. The number of hydrogen-bond donors (Lipinski definition) is 1. The Hall–Kier alpha value is -2.82. The van der Waals surface area contributed by atoms with Crippen LogP contribution in [-0.2, 0) is 20.9 Å². The molecule has 0 spiro atoms. The second-order valence-electron chi connectivity index (χ2n) is 7.46. The highest BCUT2D eigenvalue weighted by Crippen LogP contribution is 2.20. The van der Waals surface area contributed by atoms with Crippen molar-refractivity contribution in [2.45, 2.75) is 52.4 Å². The van der Waals surface area contributed by atoms with Crippen molar-refractivity contribution in [1.82, 2.24) is 5.32 Å². The van der Waals surface area contributed by atoms with Crippen molar-refractivity contribution >= 4 is 12.1 Å². The number of nitrogens with one attached hydrogen (secondary N) is 1. The van der Waals surface area contributed by atoms with Crippen LogP contribution < -0.4 is 5.32 Å². The summed E-state index contributed by atoms with van der Waals surface area (Å²) in [4.78, 5) is 24.5. The molecule has 2 rings (SSSR count). The maximum atomic E-state index is 12.3. The summed E-state index contributed by atoms with van der Waals surface area (Å²) in [7, 11) is 0. The molecule has 0 bridgehead atoms. The zero-order valence-electron chi connectivity index (χ0n) is 16.3. The summed E-state index contributed by atoms with van der Waals surface area (Å²) < 4.78 is 10.7. The molecule has 2 aromatic carbocycles. The molecule has 1 atom stereocenters. The van der Waals surface area contributed by atoms with Crippen molar-refractivity contribution in [3.63, 3.8) is 0 Å². The lowest BCUT2D eigenvalue weighted by Crippen LogP contribution is -2.36. The molecule has 0 fully saturated rings. The van der Waals surface area contributed by atoms with Crippen LogP contribution >= 0.6 is 0 Å². The number of carbonyl (C=O) groups is 2. The fraction of sp³-hybridized carbons (Fsp3) is 0.364. The molecule has 5 nitrogen and oxygen atoms in total. The van der Waals surface area contributed by atoms with Crippen molar-refractivity contribution in [1.29, 1.82) is 0 Å². The number of aryl methyl sites for hydroxylation is 1. The summed E-state index contributed by atoms with van der Waals surface area (Å²) in [6, 6.07) is 16.6. The molecule has 27 heavy (non-hydrogen) atoms. The Labute approximate surface area is 160 Å². The molecule has 0 aliphatic rings. The average Bonchev–Trinajstić information content (AvgIpc) is 2.59. The summed E-state index contributed by atoms with van der Waals surface area (Å²) in [6.45, 7) is 7.56. The molecular weight excluding hydrogens is 342 g/mol. The van der Waals surface area contributed by atoms with Crippen LogP contribution in [0.5, 0.6) is 0 Å². The van der Waals surface area contributed by atoms with Gasteiger partial charge in [-0.25, -0.2) is 4.79 Å². The van der Waals surface area contributed by atoms with Gasteiger partial charge in [-0.3, -0.25) is 4.79 Å². The first-order chi connectivity index (χ1) is 12.7. The van der Waals surface area contributed by atoms with Crippen LogP contribution in [0.2, 0.25) is 0 Å². The van der Waals surface area contributed by atoms with Gasteiger partial charge in [0.1, 0.15) is 12.2 Å². The largest absolute Gasteiger partial charge is 0.461 e. The minimum atomic E-state index is -0.615. The molecule has 0 saturated heterocycles. The fourth-order valence-electron chi connectivity index (χ4n) is 2.46. The van der Waals surface area contributed by atoms with Crippen LogP contribution in [0.25, 0.3) is 0 Å². The molecular formula is C22H27NO4. The molecule has 1 unspecified atom stereocenters. The molecule has 1 amide bonds. The number of hydrogen-bond acceptors (Lipinski definition) is 4. The first-order valence-electron chi connectivity index (χ1n) is 8.98. The Morgan fingerprint density at radius 2 is 1.63 bits per heavy atom. The van der Waals surface area contributed by atoms with Gasteiger partial charge >= 0.3 is 12.1 Å². The van der Waals surface area contributed by atoms with Gasteiger partial charge < -0.3 is 14.8 Å². The molecule has 0 aromatic heterocycles. The number of amides is 1. The van der Waals surface area contributed by atoms with E-state index in [4.69, 9.17) is 9.47 Å². The van der Waals surface area contributed by atoms with Gasteiger partial charge in [0, 0.05) is 0 Å². The SMILES string of the molecule is Cc1ccc(C(CC(=O)OCc2ccccc2)NC(=O)OC(C)(C)C)cc1. The highest BCUT2D eigenvalue weighted by atomic mass is 16.6. The Balaban J connectivity index is 2.03. The quantitative estimate of drug-likeness (QED) is 0.750. The molecule has 5 heteroatoms. The minimum Gasteiger partial charge on any atom is -0.461 e. The van der Waals surface area contributed by atoms with E-state index >= 15 is 0 Å². The normalized spacial score (nSPS) is 12.1. The number of esters is 1. The van der Waals surface area contributed by atoms with Crippen LogP contribution in [0.4, 0.5) is 4.79 Å². The number of carbonyl (C=O) groups excluding carboxylic acids is 2. The van der Waals surface area contributed by atoms with E-state index in [9.17, 15) is 9.59 Å². The molecule has 0 saturated carbocycles. The van der Waals surface area contributed by atoms with Crippen LogP contribution in [-0.4, -0.2) is 17.7 Å². The van der Waals surface area contributed by atoms with Gasteiger partial charge in [0.25, 0.3) is 0 Å². The standard InChI is InChI=1S/C22H27NO4/c1-16-10-12-18(13-11-16)19(23-21(25)27-22(2,3)4)14-20(24)26-15-17-8-6-5-7-9-17/h5-13,19H,14-15H2,1-4H3,(H,23,25). The monoisotopic (exact) mass is 369 g/mol. The lowest BCUT2D eigenvalue weighted by molar-refractivity contribution is -0.145. The van der Waals surface area contributed by atoms with E-state index < -0.39 is 17.7 Å². The zero-order valence-corrected chi connectivity index (χ0v) is 16.3. The number of ether oxygens (including phenoxy) is 2. The molecule has 2 aromatic rings. The Morgan fingerprint density at radius 1 is 1.00 bits per heavy atom. The first-order valence-corrected chi connectivity index (χ1v) is 8.98. The van der Waals surface area contributed by atoms with Crippen molar-refractivity contribution in [2.24, 2.45) is 0 Å². The van der Waals surface area contributed by atoms with Gasteiger partial charge in [0.15, 0.2) is 0 Å². The lowest BCUT2D eigenvalue weighted by atomic mass is 10.0. The Morgan fingerprint density at radius 3 is 2.22 bits per heavy atom. The van der Waals surface area contributed by atoms with E-state index in [-0.39, 0.29) is 19.0 Å². The van der Waals surface area contributed by atoms with E-state index in [1.165, 1.54) is 0 Å². The number of rotatable bonds is 6. The molecule has 0 radical (unpaired) electrons. The third-order valence-electron chi connectivity index (χ3n) is 3.78. The van der Waals surface area contributed by atoms with Crippen molar-refractivity contribution in [2.75, 3.05) is 0 Å². The maximum absolute atomic E-state index is 12.3. The summed E-state index contributed by atoms with van der Waals surface area (Å²) in [5.74, 6) is -0.388. The zero-order chi connectivity index (χ0) is 19.9. The van der Waals surface area contributed by atoms with Crippen molar-refractivity contribution in [3.05, 3.63) is 71.3 Å². The van der Waals surface area contributed by atoms with Gasteiger partial charge in [-0.2, -0.15) is 0 Å². The van der Waals surface area contributed by atoms with Crippen LogP contribution in [0.15, 0.2) is 54.6 Å². The third kappa shape index (κ3) is 7.52. The topological polar surface area (TPSA) is 64.6 Å². The second kappa shape index (κ2) is 9.21. The first kappa shape index (κ1) is 20.5. The van der Waals surface area contributed by atoms with E-state index in [1.807, 2.05) is 61.5 Å². The predicted octanol–water partition coefficient (Wildman–Crippen LogP) is 4.69. The molecule has 1 N–H and O–H groups in total. The van der Waals surface area contributed by atoms with Crippen LogP contribution in [0.1, 0.15) is 49.9 Å². The third-order valence-corrected chi connectivity index (χ3v) is 3.78. The molecule has 0 aliphatic heterocycles. The van der Waals surface area contributed by atoms with Gasteiger partial charge in [-0.15, -0.1) is 0 Å². The van der Waals surface area contributed by atoms with Crippen molar-refractivity contribution < 1.29 is 19.1 Å². The second-order valence-corrected chi connectivity index (χ2v) is 7.46. The summed E-state index contributed by atoms with van der Waals surface area (Å²) >= 11 is 0. The summed E-state index contributed by atoms with van der Waals surface area (Å²) in [5, 5.41) is 2.78. The highest BCUT2D eigenvalue weighted by molar-refractivity contribution is 5.73. The highest BCUT2D eigenvalue weighted by Gasteiger charge is 2.23.